The van der Waals surface area contributed by atoms with Gasteiger partial charge in [-0.2, -0.15) is 0 Å². The third-order valence-electron chi connectivity index (χ3n) is 3.85. The van der Waals surface area contributed by atoms with Gasteiger partial charge in [-0.05, 0) is 50.9 Å². The zero-order valence-electron chi connectivity index (χ0n) is 11.9. The second-order valence-corrected chi connectivity index (χ2v) is 5.55. The average molecular weight is 264 g/mol. The van der Waals surface area contributed by atoms with Crippen molar-refractivity contribution in [3.63, 3.8) is 0 Å². The second-order valence-electron chi connectivity index (χ2n) is 5.55. The van der Waals surface area contributed by atoms with Crippen molar-refractivity contribution in [3.05, 3.63) is 35.6 Å². The van der Waals surface area contributed by atoms with Gasteiger partial charge in [0.1, 0.15) is 5.82 Å². The molecule has 2 nitrogen and oxygen atoms in total. The van der Waals surface area contributed by atoms with Crippen molar-refractivity contribution in [1.82, 2.24) is 10.2 Å². The molecule has 0 spiro atoms. The van der Waals surface area contributed by atoms with Gasteiger partial charge in [0.25, 0.3) is 0 Å². The zero-order chi connectivity index (χ0) is 13.5. The molecule has 3 heteroatoms. The van der Waals surface area contributed by atoms with Gasteiger partial charge in [-0.25, -0.2) is 4.39 Å². The monoisotopic (exact) mass is 264 g/mol. The van der Waals surface area contributed by atoms with Crippen LogP contribution >= 0.6 is 0 Å². The topological polar surface area (TPSA) is 15.3 Å². The highest BCUT2D eigenvalue weighted by Crippen LogP contribution is 2.09. The van der Waals surface area contributed by atoms with Gasteiger partial charge >= 0.3 is 0 Å². The summed E-state index contributed by atoms with van der Waals surface area (Å²) >= 11 is 0. The lowest BCUT2D eigenvalue weighted by Gasteiger charge is -2.27. The van der Waals surface area contributed by atoms with Crippen molar-refractivity contribution in [2.45, 2.75) is 38.6 Å². The molecule has 2 rings (SSSR count). The van der Waals surface area contributed by atoms with Crippen LogP contribution in [0.5, 0.6) is 0 Å². The van der Waals surface area contributed by atoms with Crippen molar-refractivity contribution in [3.8, 4) is 0 Å². The maximum atomic E-state index is 13.5. The van der Waals surface area contributed by atoms with E-state index in [-0.39, 0.29) is 5.82 Å². The first-order valence-electron chi connectivity index (χ1n) is 7.45. The molecular formula is C16H25FN2. The van der Waals surface area contributed by atoms with Crippen LogP contribution in [0.15, 0.2) is 24.3 Å². The van der Waals surface area contributed by atoms with Crippen LogP contribution in [0, 0.1) is 5.82 Å². The number of piperidine rings is 1. The Labute approximate surface area is 116 Å². The molecule has 106 valence electrons. The molecular weight excluding hydrogens is 239 g/mol. The lowest BCUT2D eigenvalue weighted by atomic mass is 10.1. The van der Waals surface area contributed by atoms with E-state index >= 15 is 0 Å². The fourth-order valence-electron chi connectivity index (χ4n) is 2.72. The molecule has 1 aliphatic rings. The first-order chi connectivity index (χ1) is 9.25. The molecule has 1 atom stereocenters. The van der Waals surface area contributed by atoms with E-state index in [4.69, 9.17) is 0 Å². The summed E-state index contributed by atoms with van der Waals surface area (Å²) in [5.41, 5.74) is 0.806. The van der Waals surface area contributed by atoms with Crippen LogP contribution in [-0.2, 0) is 6.42 Å². The summed E-state index contributed by atoms with van der Waals surface area (Å²) in [4.78, 5) is 2.52. The predicted molar refractivity (Wildman–Crippen MR) is 77.9 cm³/mol. The van der Waals surface area contributed by atoms with Gasteiger partial charge in [0.15, 0.2) is 0 Å². The maximum Gasteiger partial charge on any atom is 0.126 e. The van der Waals surface area contributed by atoms with Gasteiger partial charge in [-0.15, -0.1) is 0 Å². The Balaban J connectivity index is 1.67. The Morgan fingerprint density at radius 2 is 1.95 bits per heavy atom. The Bertz CT molecular complexity index is 375. The Morgan fingerprint density at radius 3 is 2.68 bits per heavy atom. The van der Waals surface area contributed by atoms with E-state index in [1.165, 1.54) is 38.4 Å². The standard InChI is InChI=1S/C16H25FN2/c1-14(13-15-7-3-4-8-16(15)17)18-9-12-19-10-5-2-6-11-19/h3-4,7-8,14,18H,2,5-6,9-13H2,1H3/t14-/m1/s1. The van der Waals surface area contributed by atoms with Crippen LogP contribution in [0.25, 0.3) is 0 Å². The molecule has 1 aromatic carbocycles. The predicted octanol–water partition coefficient (Wildman–Crippen LogP) is 2.83. The van der Waals surface area contributed by atoms with Crippen LogP contribution in [0.4, 0.5) is 4.39 Å². The molecule has 1 fully saturated rings. The first kappa shape index (κ1) is 14.5. The molecule has 1 aliphatic heterocycles. The van der Waals surface area contributed by atoms with Gasteiger partial charge in [-0.3, -0.25) is 0 Å². The molecule has 0 saturated carbocycles. The van der Waals surface area contributed by atoms with Crippen LogP contribution in [0.3, 0.4) is 0 Å². The fourth-order valence-corrected chi connectivity index (χ4v) is 2.72. The number of halogens is 1. The van der Waals surface area contributed by atoms with Gasteiger partial charge in [0.05, 0.1) is 0 Å². The van der Waals surface area contributed by atoms with E-state index in [9.17, 15) is 4.39 Å². The second kappa shape index (κ2) is 7.61. The van der Waals surface area contributed by atoms with Crippen molar-refractivity contribution in [2.24, 2.45) is 0 Å². The normalized spacial score (nSPS) is 18.4. The van der Waals surface area contributed by atoms with Crippen molar-refractivity contribution in [1.29, 1.82) is 0 Å². The zero-order valence-corrected chi connectivity index (χ0v) is 11.9. The molecule has 0 unspecified atom stereocenters. The smallest absolute Gasteiger partial charge is 0.126 e. The fraction of sp³-hybridized carbons (Fsp3) is 0.625. The minimum Gasteiger partial charge on any atom is -0.313 e. The Morgan fingerprint density at radius 1 is 1.21 bits per heavy atom. The van der Waals surface area contributed by atoms with E-state index in [0.717, 1.165) is 25.1 Å². The van der Waals surface area contributed by atoms with E-state index in [1.807, 2.05) is 12.1 Å². The number of rotatable bonds is 6. The summed E-state index contributed by atoms with van der Waals surface area (Å²) in [6.45, 7) is 6.71. The number of nitrogens with zero attached hydrogens (tertiary/aromatic N) is 1. The maximum absolute atomic E-state index is 13.5. The molecule has 0 radical (unpaired) electrons. The molecule has 0 aliphatic carbocycles. The minimum absolute atomic E-state index is 0.0906. The van der Waals surface area contributed by atoms with Crippen molar-refractivity contribution < 1.29 is 4.39 Å². The molecule has 1 heterocycles. The van der Waals surface area contributed by atoms with E-state index in [1.54, 1.807) is 6.07 Å². The summed E-state index contributed by atoms with van der Waals surface area (Å²) < 4.78 is 13.5. The lowest BCUT2D eigenvalue weighted by molar-refractivity contribution is 0.226. The highest BCUT2D eigenvalue weighted by Gasteiger charge is 2.10. The van der Waals surface area contributed by atoms with Crippen LogP contribution < -0.4 is 5.32 Å². The van der Waals surface area contributed by atoms with Crippen molar-refractivity contribution >= 4 is 0 Å². The summed E-state index contributed by atoms with van der Waals surface area (Å²) in [6.07, 6.45) is 4.82. The lowest BCUT2D eigenvalue weighted by Crippen LogP contribution is -2.39. The number of nitrogens with one attached hydrogen (secondary N) is 1. The molecule has 1 N–H and O–H groups in total. The SMILES string of the molecule is C[C@H](Cc1ccccc1F)NCCN1CCCCC1. The molecule has 1 saturated heterocycles. The molecule has 19 heavy (non-hydrogen) atoms. The van der Waals surface area contributed by atoms with E-state index in [2.05, 4.69) is 17.1 Å². The van der Waals surface area contributed by atoms with Gasteiger partial charge in [0, 0.05) is 19.1 Å². The summed E-state index contributed by atoms with van der Waals surface area (Å²) in [5.74, 6) is -0.0906. The van der Waals surface area contributed by atoms with Crippen molar-refractivity contribution in [2.75, 3.05) is 26.2 Å². The number of likely N-dealkylation sites (tertiary alicyclic amines) is 1. The Kier molecular flexibility index (Phi) is 5.80. The third kappa shape index (κ3) is 4.92. The average Bonchev–Trinajstić information content (AvgIpc) is 2.43. The van der Waals surface area contributed by atoms with Crippen LogP contribution in [0.2, 0.25) is 0 Å². The largest absolute Gasteiger partial charge is 0.313 e. The quantitative estimate of drug-likeness (QED) is 0.850. The third-order valence-corrected chi connectivity index (χ3v) is 3.85. The van der Waals surface area contributed by atoms with Gasteiger partial charge in [0.2, 0.25) is 0 Å². The van der Waals surface area contributed by atoms with Gasteiger partial charge in [-0.1, -0.05) is 24.6 Å². The molecule has 1 aromatic rings. The number of benzene rings is 1. The number of hydrogen-bond acceptors (Lipinski definition) is 2. The number of hydrogen-bond donors (Lipinski definition) is 1. The van der Waals surface area contributed by atoms with E-state index in [0.29, 0.717) is 6.04 Å². The summed E-state index contributed by atoms with van der Waals surface area (Å²) in [7, 11) is 0. The van der Waals surface area contributed by atoms with E-state index < -0.39 is 0 Å². The summed E-state index contributed by atoms with van der Waals surface area (Å²) in [5, 5.41) is 3.50. The van der Waals surface area contributed by atoms with Crippen LogP contribution in [0.1, 0.15) is 31.7 Å². The van der Waals surface area contributed by atoms with Gasteiger partial charge < -0.3 is 10.2 Å². The highest BCUT2D eigenvalue weighted by atomic mass is 19.1. The molecule has 0 aromatic heterocycles. The summed E-state index contributed by atoms with van der Waals surface area (Å²) in [6, 6.07) is 7.38. The minimum atomic E-state index is -0.0906. The highest BCUT2D eigenvalue weighted by molar-refractivity contribution is 5.18. The van der Waals surface area contributed by atoms with Crippen LogP contribution in [-0.4, -0.2) is 37.1 Å². The Hall–Kier alpha value is -0.930. The molecule has 0 amide bonds. The first-order valence-corrected chi connectivity index (χ1v) is 7.45. The molecule has 0 bridgehead atoms.